The summed E-state index contributed by atoms with van der Waals surface area (Å²) in [4.78, 5) is 31.7. The van der Waals surface area contributed by atoms with Crippen molar-refractivity contribution in [3.05, 3.63) is 40.4 Å². The normalized spacial score (nSPS) is 17.2. The van der Waals surface area contributed by atoms with E-state index in [1.165, 1.54) is 37.4 Å². The molecule has 1 saturated carbocycles. The molecule has 0 bridgehead atoms. The number of aromatic nitrogens is 2. The molecule has 2 N–H and O–H groups in total. The average molecular weight is 359 g/mol. The minimum Gasteiger partial charge on any atom is -0.353 e. The molecule has 2 aromatic rings. The van der Waals surface area contributed by atoms with Crippen molar-refractivity contribution in [2.75, 3.05) is 5.75 Å². The van der Waals surface area contributed by atoms with E-state index in [0.29, 0.717) is 28.5 Å². The Hall–Kier alpha value is -1.82. The van der Waals surface area contributed by atoms with Gasteiger partial charge < -0.3 is 10.3 Å². The summed E-state index contributed by atoms with van der Waals surface area (Å²) in [5.74, 6) is 1.08. The Kier molecular flexibility index (Phi) is 6.13. The maximum absolute atomic E-state index is 12.2. The Morgan fingerprint density at radius 2 is 2.00 bits per heavy atom. The second-order valence-corrected chi connectivity index (χ2v) is 8.01. The van der Waals surface area contributed by atoms with Gasteiger partial charge in [0.05, 0.1) is 21.9 Å². The highest BCUT2D eigenvalue weighted by atomic mass is 32.2. The standard InChI is InChI=1S/C19H25N3O2S/c1-13(18-21-16-11-7-6-10-15(16)19(24)22-18)25-12-17(23)20-14-8-4-2-3-5-9-14/h6-7,10-11,13-14H,2-5,8-9,12H2,1H3,(H,20,23)(H,21,22,24). The zero-order valence-electron chi connectivity index (χ0n) is 14.6. The second kappa shape index (κ2) is 8.52. The van der Waals surface area contributed by atoms with Crippen molar-refractivity contribution < 1.29 is 4.79 Å². The largest absolute Gasteiger partial charge is 0.353 e. The van der Waals surface area contributed by atoms with Crippen molar-refractivity contribution in [2.24, 2.45) is 0 Å². The van der Waals surface area contributed by atoms with Gasteiger partial charge in [0.1, 0.15) is 5.82 Å². The quantitative estimate of drug-likeness (QED) is 0.801. The molecule has 25 heavy (non-hydrogen) atoms. The number of benzene rings is 1. The van der Waals surface area contributed by atoms with Crippen molar-refractivity contribution in [3.63, 3.8) is 0 Å². The lowest BCUT2D eigenvalue weighted by atomic mass is 10.1. The number of aromatic amines is 1. The molecule has 0 spiro atoms. The molecule has 1 fully saturated rings. The molecule has 1 aromatic carbocycles. The molecule has 0 radical (unpaired) electrons. The fraction of sp³-hybridized carbons (Fsp3) is 0.526. The first kappa shape index (κ1) is 18.0. The third-order valence-electron chi connectivity index (χ3n) is 4.70. The van der Waals surface area contributed by atoms with E-state index in [9.17, 15) is 9.59 Å². The predicted molar refractivity (Wildman–Crippen MR) is 103 cm³/mol. The van der Waals surface area contributed by atoms with Crippen LogP contribution in [0.3, 0.4) is 0 Å². The molecule has 1 amide bonds. The smallest absolute Gasteiger partial charge is 0.258 e. The molecule has 1 heterocycles. The third kappa shape index (κ3) is 4.84. The second-order valence-electron chi connectivity index (χ2n) is 6.68. The van der Waals surface area contributed by atoms with Gasteiger partial charge in [0, 0.05) is 6.04 Å². The Morgan fingerprint density at radius 1 is 1.28 bits per heavy atom. The van der Waals surface area contributed by atoms with Gasteiger partial charge in [-0.05, 0) is 31.9 Å². The van der Waals surface area contributed by atoms with E-state index in [2.05, 4.69) is 15.3 Å². The lowest BCUT2D eigenvalue weighted by molar-refractivity contribution is -0.119. The molecule has 5 nitrogen and oxygen atoms in total. The number of rotatable bonds is 5. The van der Waals surface area contributed by atoms with E-state index in [4.69, 9.17) is 0 Å². The third-order valence-corrected chi connectivity index (χ3v) is 5.85. The minimum absolute atomic E-state index is 0.0443. The van der Waals surface area contributed by atoms with E-state index >= 15 is 0 Å². The van der Waals surface area contributed by atoms with Crippen LogP contribution in [0.4, 0.5) is 0 Å². The number of carbonyl (C=O) groups excluding carboxylic acids is 1. The summed E-state index contributed by atoms with van der Waals surface area (Å²) in [6.45, 7) is 1.97. The predicted octanol–water partition coefficient (Wildman–Crippen LogP) is 3.56. The summed E-state index contributed by atoms with van der Waals surface area (Å²) in [6, 6.07) is 7.63. The van der Waals surface area contributed by atoms with Crippen LogP contribution in [0.5, 0.6) is 0 Å². The first-order chi connectivity index (χ1) is 12.1. The van der Waals surface area contributed by atoms with Gasteiger partial charge in [0.2, 0.25) is 5.91 Å². The van der Waals surface area contributed by atoms with Gasteiger partial charge >= 0.3 is 0 Å². The number of hydrogen-bond acceptors (Lipinski definition) is 4. The van der Waals surface area contributed by atoms with Gasteiger partial charge in [-0.3, -0.25) is 9.59 Å². The highest BCUT2D eigenvalue weighted by Crippen LogP contribution is 2.25. The molecule has 1 unspecified atom stereocenters. The highest BCUT2D eigenvalue weighted by Gasteiger charge is 2.17. The van der Waals surface area contributed by atoms with Crippen LogP contribution in [0.2, 0.25) is 0 Å². The van der Waals surface area contributed by atoms with Crippen molar-refractivity contribution in [1.29, 1.82) is 0 Å². The topological polar surface area (TPSA) is 74.8 Å². The monoisotopic (exact) mass is 359 g/mol. The van der Waals surface area contributed by atoms with Crippen LogP contribution in [0, 0.1) is 0 Å². The number of thioether (sulfide) groups is 1. The Balaban J connectivity index is 1.57. The van der Waals surface area contributed by atoms with E-state index in [1.807, 2.05) is 25.1 Å². The number of para-hydroxylation sites is 1. The SMILES string of the molecule is CC(SCC(=O)NC1CCCCCC1)c1nc2ccccc2c(=O)[nH]1. The van der Waals surface area contributed by atoms with Gasteiger partial charge in [-0.15, -0.1) is 11.8 Å². The number of hydrogen-bond donors (Lipinski definition) is 2. The maximum Gasteiger partial charge on any atom is 0.258 e. The maximum atomic E-state index is 12.2. The Morgan fingerprint density at radius 3 is 2.76 bits per heavy atom. The van der Waals surface area contributed by atoms with E-state index < -0.39 is 0 Å². The van der Waals surface area contributed by atoms with Crippen molar-refractivity contribution >= 4 is 28.6 Å². The zero-order valence-corrected chi connectivity index (χ0v) is 15.4. The van der Waals surface area contributed by atoms with Crippen LogP contribution in [0.15, 0.2) is 29.1 Å². The number of amides is 1. The summed E-state index contributed by atoms with van der Waals surface area (Å²) in [5, 5.41) is 3.70. The number of H-pyrrole nitrogens is 1. The van der Waals surface area contributed by atoms with Gasteiger partial charge in [-0.2, -0.15) is 0 Å². The van der Waals surface area contributed by atoms with Crippen LogP contribution in [0.1, 0.15) is 56.5 Å². The zero-order chi connectivity index (χ0) is 17.6. The molecular weight excluding hydrogens is 334 g/mol. The molecule has 0 saturated heterocycles. The average Bonchev–Trinajstić information content (AvgIpc) is 2.88. The number of fused-ring (bicyclic) bond motifs is 1. The summed E-state index contributed by atoms with van der Waals surface area (Å²) >= 11 is 1.50. The lowest BCUT2D eigenvalue weighted by Gasteiger charge is -2.17. The molecule has 134 valence electrons. The first-order valence-corrected chi connectivity index (χ1v) is 10.1. The van der Waals surface area contributed by atoms with Crippen molar-refractivity contribution in [2.45, 2.75) is 56.7 Å². The van der Waals surface area contributed by atoms with Gasteiger partial charge in [0.15, 0.2) is 0 Å². The molecule has 1 atom stereocenters. The first-order valence-electron chi connectivity index (χ1n) is 9.03. The number of nitrogens with zero attached hydrogens (tertiary/aromatic N) is 1. The van der Waals surface area contributed by atoms with Gasteiger partial charge in [-0.25, -0.2) is 4.98 Å². The lowest BCUT2D eigenvalue weighted by Crippen LogP contribution is -2.35. The number of carbonyl (C=O) groups is 1. The van der Waals surface area contributed by atoms with E-state index in [-0.39, 0.29) is 16.7 Å². The fourth-order valence-corrected chi connectivity index (χ4v) is 4.02. The summed E-state index contributed by atoms with van der Waals surface area (Å²) < 4.78 is 0. The van der Waals surface area contributed by atoms with Crippen LogP contribution in [-0.4, -0.2) is 27.7 Å². The van der Waals surface area contributed by atoms with Crippen LogP contribution < -0.4 is 10.9 Å². The Labute approximate surface area is 152 Å². The van der Waals surface area contributed by atoms with E-state index in [1.54, 1.807) is 6.07 Å². The van der Waals surface area contributed by atoms with Crippen molar-refractivity contribution in [3.8, 4) is 0 Å². The fourth-order valence-electron chi connectivity index (χ4n) is 3.27. The molecule has 1 aliphatic carbocycles. The summed E-state index contributed by atoms with van der Waals surface area (Å²) in [5.41, 5.74) is 0.563. The molecule has 0 aliphatic heterocycles. The molecule has 6 heteroatoms. The van der Waals surface area contributed by atoms with Crippen LogP contribution in [-0.2, 0) is 4.79 Å². The molecular formula is C19H25N3O2S. The molecule has 1 aromatic heterocycles. The molecule has 1 aliphatic rings. The minimum atomic E-state index is -0.129. The summed E-state index contributed by atoms with van der Waals surface area (Å²) in [6.07, 6.45) is 7.14. The van der Waals surface area contributed by atoms with Gasteiger partial charge in [-0.1, -0.05) is 37.8 Å². The number of nitrogens with one attached hydrogen (secondary N) is 2. The van der Waals surface area contributed by atoms with E-state index in [0.717, 1.165) is 12.8 Å². The molecule has 3 rings (SSSR count). The van der Waals surface area contributed by atoms with Crippen LogP contribution in [0.25, 0.3) is 10.9 Å². The Bertz CT molecular complexity index is 782. The summed E-state index contributed by atoms with van der Waals surface area (Å²) in [7, 11) is 0. The highest BCUT2D eigenvalue weighted by molar-refractivity contribution is 8.00. The van der Waals surface area contributed by atoms with Crippen molar-refractivity contribution in [1.82, 2.24) is 15.3 Å². The van der Waals surface area contributed by atoms with Crippen LogP contribution >= 0.6 is 11.8 Å². The van der Waals surface area contributed by atoms with Gasteiger partial charge in [0.25, 0.3) is 5.56 Å².